The SMILES string of the molecule is C[C@H]1COc2c(N3CCN(c4ccccn4)CC3)c(F)cc3c(=O)c(C(=O)O)cn1c23. The van der Waals surface area contributed by atoms with Crippen molar-refractivity contribution in [2.45, 2.75) is 13.0 Å². The van der Waals surface area contributed by atoms with E-state index in [-0.39, 0.29) is 23.6 Å². The minimum absolute atomic E-state index is 0.0230. The average Bonchev–Trinajstić information content (AvgIpc) is 2.78. The van der Waals surface area contributed by atoms with E-state index in [1.807, 2.05) is 30.0 Å². The molecule has 8 nitrogen and oxygen atoms in total. The molecule has 0 amide bonds. The van der Waals surface area contributed by atoms with E-state index in [2.05, 4.69) is 9.88 Å². The summed E-state index contributed by atoms with van der Waals surface area (Å²) in [7, 11) is 0. The number of ether oxygens (including phenoxy) is 1. The molecule has 1 atom stereocenters. The third kappa shape index (κ3) is 3.08. The van der Waals surface area contributed by atoms with Crippen LogP contribution in [0.5, 0.6) is 5.75 Å². The molecule has 0 unspecified atom stereocenters. The van der Waals surface area contributed by atoms with Crippen molar-refractivity contribution in [3.05, 3.63) is 58.3 Å². The van der Waals surface area contributed by atoms with Gasteiger partial charge in [-0.2, -0.15) is 0 Å². The number of benzene rings is 1. The van der Waals surface area contributed by atoms with Gasteiger partial charge in [-0.05, 0) is 25.1 Å². The van der Waals surface area contributed by atoms with Crippen LogP contribution >= 0.6 is 0 Å². The lowest BCUT2D eigenvalue weighted by atomic mass is 10.1. The minimum Gasteiger partial charge on any atom is -0.487 e. The number of carbonyl (C=O) groups is 1. The molecule has 1 saturated heterocycles. The third-order valence-corrected chi connectivity index (χ3v) is 5.94. The zero-order valence-corrected chi connectivity index (χ0v) is 16.9. The topological polar surface area (TPSA) is 87.9 Å². The van der Waals surface area contributed by atoms with Crippen molar-refractivity contribution in [1.82, 2.24) is 9.55 Å². The fraction of sp³-hybridized carbons (Fsp3) is 0.318. The standard InChI is InChI=1S/C22H21FN4O4/c1-13-12-31-21-18-14(20(28)15(22(29)30)11-27(13)18)10-16(23)19(21)26-8-6-25(7-9-26)17-4-2-3-5-24-17/h2-5,10-11,13H,6-9,12H2,1H3,(H,29,30)/t13-/m0/s1. The quantitative estimate of drug-likeness (QED) is 0.691. The van der Waals surface area contributed by atoms with E-state index in [0.717, 1.165) is 11.9 Å². The number of hydrogen-bond acceptors (Lipinski definition) is 6. The van der Waals surface area contributed by atoms with E-state index >= 15 is 4.39 Å². The zero-order valence-electron chi connectivity index (χ0n) is 16.9. The molecule has 9 heteroatoms. The molecule has 0 aliphatic carbocycles. The highest BCUT2D eigenvalue weighted by molar-refractivity contribution is 5.97. The zero-order chi connectivity index (χ0) is 21.7. The molecule has 0 bridgehead atoms. The Balaban J connectivity index is 1.58. The Morgan fingerprint density at radius 3 is 2.65 bits per heavy atom. The molecule has 0 spiro atoms. The van der Waals surface area contributed by atoms with Crippen LogP contribution in [-0.2, 0) is 0 Å². The van der Waals surface area contributed by atoms with Gasteiger partial charge >= 0.3 is 5.97 Å². The Labute approximate surface area is 177 Å². The smallest absolute Gasteiger partial charge is 0.341 e. The highest BCUT2D eigenvalue weighted by atomic mass is 19.1. The van der Waals surface area contributed by atoms with Crippen LogP contribution in [0.3, 0.4) is 0 Å². The number of carboxylic acid groups (broad SMARTS) is 1. The average molecular weight is 424 g/mol. The van der Waals surface area contributed by atoms with E-state index in [1.54, 1.807) is 10.8 Å². The lowest BCUT2D eigenvalue weighted by molar-refractivity contribution is 0.0694. The highest BCUT2D eigenvalue weighted by Crippen LogP contribution is 2.42. The van der Waals surface area contributed by atoms with Crippen molar-refractivity contribution in [2.75, 3.05) is 42.6 Å². The summed E-state index contributed by atoms with van der Waals surface area (Å²) in [5.74, 6) is -0.739. The van der Waals surface area contributed by atoms with Crippen LogP contribution in [0.15, 0.2) is 41.5 Å². The van der Waals surface area contributed by atoms with Gasteiger partial charge < -0.3 is 24.2 Å². The van der Waals surface area contributed by atoms with E-state index < -0.39 is 17.2 Å². The second-order valence-corrected chi connectivity index (χ2v) is 7.84. The molecule has 3 aromatic rings. The second kappa shape index (κ2) is 7.26. The maximum Gasteiger partial charge on any atom is 0.341 e. The van der Waals surface area contributed by atoms with Gasteiger partial charge in [-0.3, -0.25) is 4.79 Å². The van der Waals surface area contributed by atoms with Crippen LogP contribution in [0.1, 0.15) is 23.3 Å². The predicted molar refractivity (Wildman–Crippen MR) is 114 cm³/mol. The first-order valence-electron chi connectivity index (χ1n) is 10.1. The summed E-state index contributed by atoms with van der Waals surface area (Å²) < 4.78 is 22.9. The van der Waals surface area contributed by atoms with Gasteiger partial charge in [0.05, 0.1) is 16.9 Å². The molecule has 1 fully saturated rings. The molecule has 2 aliphatic heterocycles. The molecule has 31 heavy (non-hydrogen) atoms. The summed E-state index contributed by atoms with van der Waals surface area (Å²) in [4.78, 5) is 32.7. The van der Waals surface area contributed by atoms with Crippen LogP contribution in [0.2, 0.25) is 0 Å². The molecular formula is C22H21FN4O4. The third-order valence-electron chi connectivity index (χ3n) is 5.94. The Kier molecular flexibility index (Phi) is 4.53. The molecule has 5 rings (SSSR count). The number of aromatic carboxylic acids is 1. The van der Waals surface area contributed by atoms with Gasteiger partial charge in [0.15, 0.2) is 11.6 Å². The number of rotatable bonds is 3. The van der Waals surface area contributed by atoms with Crippen LogP contribution < -0.4 is 20.0 Å². The van der Waals surface area contributed by atoms with Crippen LogP contribution in [-0.4, -0.2) is 53.4 Å². The number of aromatic nitrogens is 2. The van der Waals surface area contributed by atoms with Crippen molar-refractivity contribution in [3.63, 3.8) is 0 Å². The molecule has 1 aromatic carbocycles. The number of carboxylic acids is 1. The summed E-state index contributed by atoms with van der Waals surface area (Å²) >= 11 is 0. The monoisotopic (exact) mass is 424 g/mol. The molecule has 2 aromatic heterocycles. The number of piperazine rings is 1. The number of anilines is 2. The van der Waals surface area contributed by atoms with E-state index in [4.69, 9.17) is 4.74 Å². The summed E-state index contributed by atoms with van der Waals surface area (Å²) in [6, 6.07) is 6.70. The van der Waals surface area contributed by atoms with Gasteiger partial charge in [-0.25, -0.2) is 14.2 Å². The lowest BCUT2D eigenvalue weighted by Crippen LogP contribution is -2.47. The number of nitrogens with zero attached hydrogens (tertiary/aromatic N) is 4. The maximum atomic E-state index is 15.3. The first-order valence-corrected chi connectivity index (χ1v) is 10.1. The van der Waals surface area contributed by atoms with Crippen LogP contribution in [0.4, 0.5) is 15.9 Å². The first-order chi connectivity index (χ1) is 15.0. The van der Waals surface area contributed by atoms with Gasteiger partial charge in [0.2, 0.25) is 5.43 Å². The van der Waals surface area contributed by atoms with E-state index in [9.17, 15) is 14.7 Å². The Morgan fingerprint density at radius 1 is 1.23 bits per heavy atom. The van der Waals surface area contributed by atoms with Crippen LogP contribution in [0.25, 0.3) is 10.9 Å². The van der Waals surface area contributed by atoms with E-state index in [0.29, 0.717) is 43.1 Å². The fourth-order valence-electron chi connectivity index (χ4n) is 4.36. The van der Waals surface area contributed by atoms with Crippen molar-refractivity contribution in [1.29, 1.82) is 0 Å². The van der Waals surface area contributed by atoms with Gasteiger partial charge in [-0.1, -0.05) is 6.07 Å². The minimum atomic E-state index is -1.33. The van der Waals surface area contributed by atoms with Crippen LogP contribution in [0, 0.1) is 5.82 Å². The second-order valence-electron chi connectivity index (χ2n) is 7.84. The summed E-state index contributed by atoms with van der Waals surface area (Å²) in [6.07, 6.45) is 3.08. The number of hydrogen-bond donors (Lipinski definition) is 1. The van der Waals surface area contributed by atoms with Crippen molar-refractivity contribution >= 4 is 28.4 Å². The molecular weight excluding hydrogens is 403 g/mol. The largest absolute Gasteiger partial charge is 0.487 e. The fourth-order valence-corrected chi connectivity index (χ4v) is 4.36. The normalized spacial score (nSPS) is 18.2. The van der Waals surface area contributed by atoms with Gasteiger partial charge in [-0.15, -0.1) is 0 Å². The Bertz CT molecular complexity index is 1240. The summed E-state index contributed by atoms with van der Waals surface area (Å²) in [5, 5.41) is 9.43. The number of pyridine rings is 2. The summed E-state index contributed by atoms with van der Waals surface area (Å²) in [5.41, 5.74) is -0.319. The molecule has 1 N–H and O–H groups in total. The molecule has 2 aliphatic rings. The lowest BCUT2D eigenvalue weighted by Gasteiger charge is -2.38. The van der Waals surface area contributed by atoms with E-state index in [1.165, 1.54) is 6.20 Å². The Hall–Kier alpha value is -3.62. The molecule has 4 heterocycles. The molecule has 0 radical (unpaired) electrons. The predicted octanol–water partition coefficient (Wildman–Crippen LogP) is 2.51. The number of halogens is 1. The summed E-state index contributed by atoms with van der Waals surface area (Å²) in [6.45, 7) is 4.57. The molecule has 160 valence electrons. The highest BCUT2D eigenvalue weighted by Gasteiger charge is 2.31. The molecule has 0 saturated carbocycles. The first kappa shape index (κ1) is 19.3. The Morgan fingerprint density at radius 2 is 1.97 bits per heavy atom. The van der Waals surface area contributed by atoms with Crippen molar-refractivity contribution in [2.24, 2.45) is 0 Å². The van der Waals surface area contributed by atoms with Gasteiger partial charge in [0.25, 0.3) is 0 Å². The van der Waals surface area contributed by atoms with Crippen molar-refractivity contribution < 1.29 is 19.0 Å². The van der Waals surface area contributed by atoms with Crippen molar-refractivity contribution in [3.8, 4) is 5.75 Å². The van der Waals surface area contributed by atoms with Gasteiger partial charge in [0.1, 0.15) is 23.7 Å². The maximum absolute atomic E-state index is 15.3. The van der Waals surface area contributed by atoms with Gasteiger partial charge in [0, 0.05) is 38.6 Å².